The Morgan fingerprint density at radius 2 is 2.70 bits per heavy atom. The lowest BCUT2D eigenvalue weighted by Gasteiger charge is -1.89. The molecule has 0 atom stereocenters. The van der Waals surface area contributed by atoms with Gasteiger partial charge in [-0.05, 0) is 12.5 Å². The minimum absolute atomic E-state index is 1.05. The van der Waals surface area contributed by atoms with Crippen molar-refractivity contribution >= 4 is 11.8 Å². The fourth-order valence-corrected chi connectivity index (χ4v) is 2.08. The summed E-state index contributed by atoms with van der Waals surface area (Å²) in [7, 11) is 0. The first-order valence-corrected chi connectivity index (χ1v) is 4.69. The van der Waals surface area contributed by atoms with Gasteiger partial charge in [0.25, 0.3) is 0 Å². The third-order valence-electron chi connectivity index (χ3n) is 1.74. The number of nitrogens with zero attached hydrogens (tertiary/aromatic N) is 2. The van der Waals surface area contributed by atoms with Crippen molar-refractivity contribution in [2.75, 3.05) is 0 Å². The maximum absolute atomic E-state index is 4.41. The van der Waals surface area contributed by atoms with E-state index in [2.05, 4.69) is 22.8 Å². The predicted octanol–water partition coefficient (Wildman–Crippen LogP) is 1.65. The van der Waals surface area contributed by atoms with Crippen LogP contribution in [0, 0.1) is 0 Å². The summed E-state index contributed by atoms with van der Waals surface area (Å²) in [4.78, 5) is 0. The Hall–Kier alpha value is -0.440. The number of rotatable bonds is 1. The second kappa shape index (κ2) is 2.31. The number of fused-ring (bicyclic) bond motifs is 1. The lowest BCUT2D eigenvalue weighted by Crippen LogP contribution is -1.93. The molecule has 1 aliphatic rings. The molecule has 0 amide bonds. The first kappa shape index (κ1) is 6.28. The van der Waals surface area contributed by atoms with Crippen molar-refractivity contribution in [1.29, 1.82) is 0 Å². The van der Waals surface area contributed by atoms with Crippen molar-refractivity contribution in [3.8, 4) is 0 Å². The Morgan fingerprint density at radius 1 is 1.80 bits per heavy atom. The van der Waals surface area contributed by atoms with E-state index in [1.54, 1.807) is 0 Å². The second-order valence-electron chi connectivity index (χ2n) is 2.46. The third-order valence-corrected chi connectivity index (χ3v) is 2.67. The van der Waals surface area contributed by atoms with Crippen molar-refractivity contribution in [1.82, 2.24) is 9.78 Å². The van der Waals surface area contributed by atoms with Gasteiger partial charge in [-0.15, -0.1) is 11.8 Å². The zero-order chi connectivity index (χ0) is 6.97. The van der Waals surface area contributed by atoms with Crippen LogP contribution in [0.5, 0.6) is 0 Å². The molecule has 0 aliphatic carbocycles. The van der Waals surface area contributed by atoms with E-state index in [0.29, 0.717) is 0 Å². The molecule has 2 heterocycles. The zero-order valence-corrected chi connectivity index (χ0v) is 6.82. The highest BCUT2D eigenvalue weighted by Crippen LogP contribution is 2.23. The fraction of sp³-hybridized carbons (Fsp3) is 0.571. The average molecular weight is 154 g/mol. The van der Waals surface area contributed by atoms with Crippen molar-refractivity contribution < 1.29 is 0 Å². The molecule has 0 radical (unpaired) electrons. The number of hydrogen-bond donors (Lipinski definition) is 0. The van der Waals surface area contributed by atoms with Crippen LogP contribution in [0.3, 0.4) is 0 Å². The Labute approximate surface area is 64.6 Å². The number of aryl methyl sites for hydroxylation is 1. The summed E-state index contributed by atoms with van der Waals surface area (Å²) in [5.41, 5.74) is 2.62. The highest BCUT2D eigenvalue weighted by molar-refractivity contribution is 7.97. The van der Waals surface area contributed by atoms with E-state index in [1.807, 2.05) is 11.8 Å². The number of aromatic nitrogens is 2. The summed E-state index contributed by atoms with van der Waals surface area (Å²) in [6, 6.07) is 2.21. The van der Waals surface area contributed by atoms with Crippen LogP contribution in [0.15, 0.2) is 6.07 Å². The smallest absolute Gasteiger partial charge is 0.0870 e. The van der Waals surface area contributed by atoms with Crippen molar-refractivity contribution in [3.63, 3.8) is 0 Å². The van der Waals surface area contributed by atoms with E-state index in [1.165, 1.54) is 11.4 Å². The molecule has 2 nitrogen and oxygen atoms in total. The van der Waals surface area contributed by atoms with Crippen molar-refractivity contribution in [3.05, 3.63) is 17.5 Å². The van der Waals surface area contributed by atoms with E-state index in [0.717, 1.165) is 18.1 Å². The molecule has 0 saturated carbocycles. The van der Waals surface area contributed by atoms with Crippen LogP contribution >= 0.6 is 11.8 Å². The Bertz CT molecular complexity index is 220. The van der Waals surface area contributed by atoms with E-state index in [4.69, 9.17) is 0 Å². The van der Waals surface area contributed by atoms with E-state index >= 15 is 0 Å². The maximum atomic E-state index is 4.41. The summed E-state index contributed by atoms with van der Waals surface area (Å²) in [5.74, 6) is 2.20. The molecule has 0 unspecified atom stereocenters. The first-order valence-electron chi connectivity index (χ1n) is 3.53. The summed E-state index contributed by atoms with van der Waals surface area (Å²) in [5, 5.41) is 4.41. The van der Waals surface area contributed by atoms with Crippen molar-refractivity contribution in [2.24, 2.45) is 0 Å². The molecule has 2 rings (SSSR count). The molecule has 0 bridgehead atoms. The second-order valence-corrected chi connectivity index (χ2v) is 3.41. The third kappa shape index (κ3) is 0.850. The molecule has 0 aromatic carbocycles. The van der Waals surface area contributed by atoms with Gasteiger partial charge in [-0.2, -0.15) is 5.10 Å². The van der Waals surface area contributed by atoms with Crippen LogP contribution in [0.25, 0.3) is 0 Å². The molecule has 1 aliphatic heterocycles. The fourth-order valence-electron chi connectivity index (χ4n) is 1.15. The molecule has 0 fully saturated rings. The summed E-state index contributed by atoms with van der Waals surface area (Å²) in [6.07, 6.45) is 1.06. The van der Waals surface area contributed by atoms with Crippen LogP contribution in [0.2, 0.25) is 0 Å². The van der Waals surface area contributed by atoms with Gasteiger partial charge in [0.1, 0.15) is 0 Å². The summed E-state index contributed by atoms with van der Waals surface area (Å²) >= 11 is 1.93. The Morgan fingerprint density at radius 3 is 3.40 bits per heavy atom. The number of thioether (sulfide) groups is 1. The topological polar surface area (TPSA) is 17.8 Å². The molecule has 10 heavy (non-hydrogen) atoms. The minimum Gasteiger partial charge on any atom is -0.258 e. The minimum atomic E-state index is 1.05. The van der Waals surface area contributed by atoms with Gasteiger partial charge in [-0.3, -0.25) is 4.68 Å². The average Bonchev–Trinajstić information content (AvgIpc) is 2.42. The van der Waals surface area contributed by atoms with E-state index < -0.39 is 0 Å². The molecule has 3 heteroatoms. The van der Waals surface area contributed by atoms with Gasteiger partial charge in [-0.25, -0.2) is 0 Å². The Kier molecular flexibility index (Phi) is 1.45. The van der Waals surface area contributed by atoms with Gasteiger partial charge < -0.3 is 0 Å². The largest absolute Gasteiger partial charge is 0.258 e. The van der Waals surface area contributed by atoms with E-state index in [-0.39, 0.29) is 0 Å². The van der Waals surface area contributed by atoms with Crippen LogP contribution < -0.4 is 0 Å². The first-order chi connectivity index (χ1) is 4.90. The quantitative estimate of drug-likeness (QED) is 0.612. The summed E-state index contributed by atoms with van der Waals surface area (Å²) in [6.45, 7) is 2.14. The van der Waals surface area contributed by atoms with Gasteiger partial charge in [-0.1, -0.05) is 6.92 Å². The molecule has 0 saturated heterocycles. The maximum Gasteiger partial charge on any atom is 0.0870 e. The van der Waals surface area contributed by atoms with Gasteiger partial charge in [0.05, 0.1) is 11.6 Å². The SMILES string of the molecule is CCc1cc2n(n1)CSC2. The highest BCUT2D eigenvalue weighted by Gasteiger charge is 2.12. The van der Waals surface area contributed by atoms with Gasteiger partial charge in [0.2, 0.25) is 0 Å². The lowest BCUT2D eigenvalue weighted by atomic mass is 10.3. The standard InChI is InChI=1S/C7H10N2S/c1-2-6-3-7-4-10-5-9(7)8-6/h3H,2,4-5H2,1H3. The predicted molar refractivity (Wildman–Crippen MR) is 42.9 cm³/mol. The molecule has 1 aromatic rings. The number of hydrogen-bond acceptors (Lipinski definition) is 2. The van der Waals surface area contributed by atoms with Crippen LogP contribution in [0.1, 0.15) is 18.3 Å². The van der Waals surface area contributed by atoms with Gasteiger partial charge in [0.15, 0.2) is 0 Å². The summed E-state index contributed by atoms with van der Waals surface area (Å²) < 4.78 is 2.10. The van der Waals surface area contributed by atoms with Crippen LogP contribution in [0.4, 0.5) is 0 Å². The molecule has 0 N–H and O–H groups in total. The van der Waals surface area contributed by atoms with Gasteiger partial charge >= 0.3 is 0 Å². The molecular formula is C7H10N2S. The van der Waals surface area contributed by atoms with E-state index in [9.17, 15) is 0 Å². The van der Waals surface area contributed by atoms with Crippen molar-refractivity contribution in [2.45, 2.75) is 25.0 Å². The molecule has 54 valence electrons. The normalized spacial score (nSPS) is 15.7. The Balaban J connectivity index is 2.37. The van der Waals surface area contributed by atoms with Crippen LogP contribution in [-0.2, 0) is 18.1 Å². The lowest BCUT2D eigenvalue weighted by molar-refractivity contribution is 0.725. The van der Waals surface area contributed by atoms with Gasteiger partial charge in [0, 0.05) is 11.4 Å². The zero-order valence-electron chi connectivity index (χ0n) is 6.00. The highest BCUT2D eigenvalue weighted by atomic mass is 32.2. The van der Waals surface area contributed by atoms with Crippen LogP contribution in [-0.4, -0.2) is 9.78 Å². The molecule has 1 aromatic heterocycles. The molecule has 0 spiro atoms. The molecular weight excluding hydrogens is 144 g/mol. The monoisotopic (exact) mass is 154 g/mol.